The average Bonchev–Trinajstić information content (AvgIpc) is 3.03. The molecule has 0 aliphatic carbocycles. The Hall–Kier alpha value is -2.52. The molecule has 2 atom stereocenters. The van der Waals surface area contributed by atoms with Crippen LogP contribution in [0.2, 0.25) is 0 Å². The molecule has 0 unspecified atom stereocenters. The average molecular weight is 458 g/mol. The highest BCUT2D eigenvalue weighted by molar-refractivity contribution is 8.13. The zero-order valence-electron chi connectivity index (χ0n) is 15.6. The Kier molecular flexibility index (Phi) is 6.72. The molecule has 1 aliphatic heterocycles. The normalized spacial score (nSPS) is 17.6. The molecule has 0 spiro atoms. The van der Waals surface area contributed by atoms with Gasteiger partial charge < -0.3 is 4.74 Å². The number of carbonyl (C=O) groups is 2. The number of imide groups is 1. The summed E-state index contributed by atoms with van der Waals surface area (Å²) in [7, 11) is 1.23. The number of benzene rings is 2. The zero-order valence-corrected chi connectivity index (χ0v) is 17.2. The van der Waals surface area contributed by atoms with Gasteiger partial charge in [0, 0.05) is 10.7 Å². The molecule has 0 aromatic heterocycles. The summed E-state index contributed by atoms with van der Waals surface area (Å²) in [6.45, 7) is -0.0367. The van der Waals surface area contributed by atoms with Gasteiger partial charge in [-0.2, -0.15) is 0 Å². The predicted octanol–water partition coefficient (Wildman–Crippen LogP) is 3.28. The van der Waals surface area contributed by atoms with Crippen LogP contribution in [0.5, 0.6) is 0 Å². The van der Waals surface area contributed by atoms with Crippen molar-refractivity contribution in [1.82, 2.24) is 4.90 Å². The first-order valence-electron chi connectivity index (χ1n) is 9.04. The van der Waals surface area contributed by atoms with Gasteiger partial charge in [0.05, 0.1) is 17.7 Å². The molecule has 1 aliphatic rings. The van der Waals surface area contributed by atoms with E-state index in [0.29, 0.717) is 6.42 Å². The van der Waals surface area contributed by atoms with Gasteiger partial charge in [-0.25, -0.2) is 26.9 Å². The molecule has 2 aromatic rings. The Morgan fingerprint density at radius 1 is 1.13 bits per heavy atom. The number of ether oxygens (including phenoxy) is 1. The Morgan fingerprint density at radius 2 is 1.83 bits per heavy atom. The predicted molar refractivity (Wildman–Crippen MR) is 105 cm³/mol. The molecule has 3 rings (SSSR count). The van der Waals surface area contributed by atoms with E-state index in [2.05, 4.69) is 0 Å². The van der Waals surface area contributed by atoms with Gasteiger partial charge in [0.15, 0.2) is 11.6 Å². The van der Waals surface area contributed by atoms with Crippen molar-refractivity contribution in [2.24, 2.45) is 5.92 Å². The minimum Gasteiger partial charge on any atom is -0.447 e. The number of cyclic esters (lactones) is 1. The van der Waals surface area contributed by atoms with Crippen molar-refractivity contribution in [1.29, 1.82) is 0 Å². The van der Waals surface area contributed by atoms with Crippen LogP contribution in [-0.4, -0.2) is 43.7 Å². The molecular weight excluding hydrogens is 440 g/mol. The summed E-state index contributed by atoms with van der Waals surface area (Å²) in [5, 5.41) is 0. The van der Waals surface area contributed by atoms with Crippen LogP contribution in [0.1, 0.15) is 11.1 Å². The summed E-state index contributed by atoms with van der Waals surface area (Å²) in [5.41, 5.74) is 1.06. The summed E-state index contributed by atoms with van der Waals surface area (Å²) in [4.78, 5) is 26.2. The van der Waals surface area contributed by atoms with Crippen molar-refractivity contribution < 1.29 is 31.5 Å². The Balaban J connectivity index is 1.86. The maximum atomic E-state index is 13.5. The van der Waals surface area contributed by atoms with Crippen LogP contribution >= 0.6 is 10.7 Å². The lowest BCUT2D eigenvalue weighted by Gasteiger charge is -2.24. The number of hydrogen-bond acceptors (Lipinski definition) is 5. The maximum Gasteiger partial charge on any atom is 0.416 e. The topological polar surface area (TPSA) is 80.8 Å². The summed E-state index contributed by atoms with van der Waals surface area (Å²) in [6.07, 6.45) is -0.809. The molecule has 0 saturated carbocycles. The second-order valence-electron chi connectivity index (χ2n) is 6.98. The third-order valence-electron chi connectivity index (χ3n) is 4.73. The van der Waals surface area contributed by atoms with E-state index < -0.39 is 50.4 Å². The van der Waals surface area contributed by atoms with Crippen molar-refractivity contribution in [2.75, 3.05) is 12.4 Å². The lowest BCUT2D eigenvalue weighted by Crippen LogP contribution is -2.45. The second-order valence-corrected chi connectivity index (χ2v) is 9.81. The van der Waals surface area contributed by atoms with Crippen LogP contribution in [0.3, 0.4) is 0 Å². The maximum absolute atomic E-state index is 13.5. The lowest BCUT2D eigenvalue weighted by molar-refractivity contribution is -0.132. The molecule has 0 N–H and O–H groups in total. The van der Waals surface area contributed by atoms with Crippen molar-refractivity contribution >= 4 is 31.7 Å². The Bertz CT molecular complexity index is 1050. The summed E-state index contributed by atoms with van der Waals surface area (Å²) in [5.74, 6) is -5.05. The molecule has 0 bridgehead atoms. The monoisotopic (exact) mass is 457 g/mol. The van der Waals surface area contributed by atoms with E-state index in [-0.39, 0.29) is 18.6 Å². The van der Waals surface area contributed by atoms with Crippen LogP contribution < -0.4 is 0 Å². The van der Waals surface area contributed by atoms with Gasteiger partial charge in [0.1, 0.15) is 6.61 Å². The SMILES string of the molecule is O=C1OC[C@@H](Cc2ccccc2)N1C(=O)[C@@H](Cc1ccc(F)c(F)c1)CS(=O)(=O)Cl. The number of carbonyl (C=O) groups excluding carboxylic acids is 2. The van der Waals surface area contributed by atoms with Crippen LogP contribution in [0.25, 0.3) is 0 Å². The first kappa shape index (κ1) is 22.2. The zero-order chi connectivity index (χ0) is 21.9. The quantitative estimate of drug-likeness (QED) is 0.596. The van der Waals surface area contributed by atoms with E-state index in [1.807, 2.05) is 30.3 Å². The van der Waals surface area contributed by atoms with E-state index in [0.717, 1.165) is 22.6 Å². The minimum absolute atomic E-state index is 0.0367. The van der Waals surface area contributed by atoms with Gasteiger partial charge >= 0.3 is 6.09 Å². The summed E-state index contributed by atoms with van der Waals surface area (Å²) < 4.78 is 55.1. The summed E-state index contributed by atoms with van der Waals surface area (Å²) in [6, 6.07) is 11.5. The number of halogens is 3. The number of hydrogen-bond donors (Lipinski definition) is 0. The number of amides is 2. The third-order valence-corrected chi connectivity index (χ3v) is 5.91. The van der Waals surface area contributed by atoms with Crippen LogP contribution in [0, 0.1) is 17.6 Å². The second kappa shape index (κ2) is 9.09. The van der Waals surface area contributed by atoms with Gasteiger partial charge in [-0.1, -0.05) is 36.4 Å². The fraction of sp³-hybridized carbons (Fsp3) is 0.300. The third kappa shape index (κ3) is 5.54. The highest BCUT2D eigenvalue weighted by Crippen LogP contribution is 2.24. The van der Waals surface area contributed by atoms with Gasteiger partial charge in [0.25, 0.3) is 0 Å². The van der Waals surface area contributed by atoms with Crippen LogP contribution in [0.15, 0.2) is 48.5 Å². The largest absolute Gasteiger partial charge is 0.447 e. The molecule has 1 heterocycles. The Labute approximate surface area is 176 Å². The molecule has 1 saturated heterocycles. The van der Waals surface area contributed by atoms with Gasteiger partial charge in [-0.15, -0.1) is 0 Å². The minimum atomic E-state index is -4.13. The fourth-order valence-electron chi connectivity index (χ4n) is 3.37. The summed E-state index contributed by atoms with van der Waals surface area (Å²) >= 11 is 0. The smallest absolute Gasteiger partial charge is 0.416 e. The van der Waals surface area contributed by atoms with Crippen molar-refractivity contribution in [3.63, 3.8) is 0 Å². The van der Waals surface area contributed by atoms with E-state index in [9.17, 15) is 26.8 Å². The first-order chi connectivity index (χ1) is 14.1. The van der Waals surface area contributed by atoms with Gasteiger partial charge in [0.2, 0.25) is 15.0 Å². The molecular formula is C20H18ClF2NO5S. The molecule has 0 radical (unpaired) electrons. The first-order valence-corrected chi connectivity index (χ1v) is 11.5. The van der Waals surface area contributed by atoms with E-state index in [4.69, 9.17) is 15.4 Å². The lowest BCUT2D eigenvalue weighted by atomic mass is 9.98. The fourth-order valence-corrected chi connectivity index (χ4v) is 4.57. The van der Waals surface area contributed by atoms with Crippen molar-refractivity contribution in [2.45, 2.75) is 18.9 Å². The number of rotatable bonds is 7. The molecule has 160 valence electrons. The van der Waals surface area contributed by atoms with Gasteiger partial charge in [-0.3, -0.25) is 4.79 Å². The molecule has 2 amide bonds. The standard InChI is InChI=1S/C20H18ClF2NO5S/c21-30(27,28)12-15(8-14-6-7-17(22)18(23)10-14)19(25)24-16(11-29-20(24)26)9-13-4-2-1-3-5-13/h1-7,10,15-16H,8-9,11-12H2/t15-,16+/m0/s1. The van der Waals surface area contributed by atoms with Gasteiger partial charge in [-0.05, 0) is 36.1 Å². The molecule has 30 heavy (non-hydrogen) atoms. The van der Waals surface area contributed by atoms with Crippen molar-refractivity contribution in [3.8, 4) is 0 Å². The van der Waals surface area contributed by atoms with E-state index in [1.54, 1.807) is 0 Å². The number of nitrogens with zero attached hydrogens (tertiary/aromatic N) is 1. The molecule has 10 heteroatoms. The van der Waals surface area contributed by atoms with Crippen molar-refractivity contribution in [3.05, 3.63) is 71.3 Å². The van der Waals surface area contributed by atoms with E-state index >= 15 is 0 Å². The van der Waals surface area contributed by atoms with Crippen LogP contribution in [0.4, 0.5) is 13.6 Å². The Morgan fingerprint density at radius 3 is 2.47 bits per heavy atom. The van der Waals surface area contributed by atoms with Crippen LogP contribution in [-0.2, 0) is 31.4 Å². The molecule has 1 fully saturated rings. The highest BCUT2D eigenvalue weighted by Gasteiger charge is 2.41. The molecule has 2 aromatic carbocycles. The highest BCUT2D eigenvalue weighted by atomic mass is 35.7. The molecule has 6 nitrogen and oxygen atoms in total. The van der Waals surface area contributed by atoms with E-state index in [1.165, 1.54) is 6.07 Å².